The third kappa shape index (κ3) is 1.71. The summed E-state index contributed by atoms with van der Waals surface area (Å²) in [5, 5.41) is 8.88. The Morgan fingerprint density at radius 3 is 2.44 bits per heavy atom. The van der Waals surface area contributed by atoms with Crippen molar-refractivity contribution in [3.05, 3.63) is 29.3 Å². The highest BCUT2D eigenvalue weighted by molar-refractivity contribution is 6.01. The molecule has 1 saturated heterocycles. The van der Waals surface area contributed by atoms with Gasteiger partial charge in [0, 0.05) is 13.1 Å². The molecule has 1 amide bonds. The van der Waals surface area contributed by atoms with Gasteiger partial charge in [-0.05, 0) is 24.6 Å². The third-order valence-electron chi connectivity index (χ3n) is 2.71. The van der Waals surface area contributed by atoms with Gasteiger partial charge >= 0.3 is 5.97 Å². The lowest BCUT2D eigenvalue weighted by Gasteiger charge is -2.34. The number of amides is 1. The number of carboxylic acid groups (broad SMARTS) is 1. The van der Waals surface area contributed by atoms with E-state index in [-0.39, 0.29) is 5.56 Å². The second-order valence-corrected chi connectivity index (χ2v) is 3.74. The Kier molecular flexibility index (Phi) is 2.52. The van der Waals surface area contributed by atoms with Gasteiger partial charge in [-0.25, -0.2) is 4.79 Å². The smallest absolute Gasteiger partial charge is 0.335 e. The average Bonchev–Trinajstić information content (AvgIpc) is 2.14. The van der Waals surface area contributed by atoms with Crippen LogP contribution in [0.25, 0.3) is 0 Å². The number of carbonyl (C=O) groups is 2. The number of benzene rings is 1. The van der Waals surface area contributed by atoms with Gasteiger partial charge in [-0.3, -0.25) is 4.79 Å². The van der Waals surface area contributed by atoms with Crippen LogP contribution in [0.2, 0.25) is 0 Å². The Bertz CT molecular complexity index is 453. The van der Waals surface area contributed by atoms with E-state index in [4.69, 9.17) is 10.8 Å². The summed E-state index contributed by atoms with van der Waals surface area (Å²) in [4.78, 5) is 24.0. The summed E-state index contributed by atoms with van der Waals surface area (Å²) in [5.41, 5.74) is 6.42. The molecule has 0 aliphatic carbocycles. The van der Waals surface area contributed by atoms with E-state index >= 15 is 0 Å². The quantitative estimate of drug-likeness (QED) is 0.785. The summed E-state index contributed by atoms with van der Waals surface area (Å²) in [6.07, 6.45) is 1.05. The molecule has 0 unspecified atom stereocenters. The van der Waals surface area contributed by atoms with Gasteiger partial charge in [-0.15, -0.1) is 0 Å². The molecule has 0 bridgehead atoms. The minimum Gasteiger partial charge on any atom is -0.478 e. The molecule has 16 heavy (non-hydrogen) atoms. The van der Waals surface area contributed by atoms with Crippen LogP contribution < -0.4 is 10.6 Å². The highest BCUT2D eigenvalue weighted by atomic mass is 16.4. The standard InChI is InChI=1S/C11H12N2O3/c12-10(14)8-3-2-7(11(15)16)6-9(8)13-4-1-5-13/h2-3,6H,1,4-5H2,(H2,12,14)(H,15,16). The predicted molar refractivity (Wildman–Crippen MR) is 58.7 cm³/mol. The Morgan fingerprint density at radius 2 is 2.00 bits per heavy atom. The maximum Gasteiger partial charge on any atom is 0.335 e. The van der Waals surface area contributed by atoms with Gasteiger partial charge < -0.3 is 15.7 Å². The molecule has 84 valence electrons. The SMILES string of the molecule is NC(=O)c1ccc(C(=O)O)cc1N1CCC1. The number of rotatable bonds is 3. The fraction of sp³-hybridized carbons (Fsp3) is 0.273. The van der Waals surface area contributed by atoms with Crippen LogP contribution in [0.5, 0.6) is 0 Å². The number of anilines is 1. The summed E-state index contributed by atoms with van der Waals surface area (Å²) in [6.45, 7) is 1.67. The number of aromatic carboxylic acids is 1. The van der Waals surface area contributed by atoms with Gasteiger partial charge in [0.2, 0.25) is 0 Å². The molecule has 0 atom stereocenters. The molecule has 5 heteroatoms. The highest BCUT2D eigenvalue weighted by Gasteiger charge is 2.21. The Labute approximate surface area is 92.5 Å². The molecule has 0 saturated carbocycles. The number of nitrogens with zero attached hydrogens (tertiary/aromatic N) is 1. The van der Waals surface area contributed by atoms with Crippen molar-refractivity contribution in [3.8, 4) is 0 Å². The molecular weight excluding hydrogens is 208 g/mol. The first-order valence-corrected chi connectivity index (χ1v) is 5.01. The molecule has 0 radical (unpaired) electrons. The zero-order valence-electron chi connectivity index (χ0n) is 8.64. The maximum absolute atomic E-state index is 11.2. The van der Waals surface area contributed by atoms with Gasteiger partial charge in [0.15, 0.2) is 0 Å². The van der Waals surface area contributed by atoms with Crippen molar-refractivity contribution in [1.82, 2.24) is 0 Å². The summed E-state index contributed by atoms with van der Waals surface area (Å²) in [7, 11) is 0. The molecule has 1 heterocycles. The van der Waals surface area contributed by atoms with Gasteiger partial charge in [0.05, 0.1) is 16.8 Å². The van der Waals surface area contributed by atoms with Crippen molar-refractivity contribution < 1.29 is 14.7 Å². The van der Waals surface area contributed by atoms with Crippen LogP contribution in [0.1, 0.15) is 27.1 Å². The lowest BCUT2D eigenvalue weighted by molar-refractivity contribution is 0.0696. The predicted octanol–water partition coefficient (Wildman–Crippen LogP) is 0.694. The normalized spacial score (nSPS) is 14.4. The second-order valence-electron chi connectivity index (χ2n) is 3.74. The molecule has 0 spiro atoms. The summed E-state index contributed by atoms with van der Waals surface area (Å²) in [5.74, 6) is -1.53. The fourth-order valence-electron chi connectivity index (χ4n) is 1.69. The fourth-order valence-corrected chi connectivity index (χ4v) is 1.69. The zero-order valence-corrected chi connectivity index (χ0v) is 8.64. The molecule has 2 rings (SSSR count). The maximum atomic E-state index is 11.2. The zero-order chi connectivity index (χ0) is 11.7. The average molecular weight is 220 g/mol. The summed E-state index contributed by atoms with van der Waals surface area (Å²) >= 11 is 0. The van der Waals surface area contributed by atoms with Crippen molar-refractivity contribution in [3.63, 3.8) is 0 Å². The molecule has 5 nitrogen and oxygen atoms in total. The van der Waals surface area contributed by atoms with Crippen LogP contribution in [0, 0.1) is 0 Å². The molecule has 1 aromatic carbocycles. The second kappa shape index (κ2) is 3.84. The summed E-state index contributed by atoms with van der Waals surface area (Å²) in [6, 6.07) is 4.37. The molecule has 1 aromatic rings. The number of nitrogens with two attached hydrogens (primary N) is 1. The van der Waals surface area contributed by atoms with Gasteiger partial charge in [0.1, 0.15) is 0 Å². The van der Waals surface area contributed by atoms with Crippen LogP contribution in [0.15, 0.2) is 18.2 Å². The van der Waals surface area contributed by atoms with Crippen molar-refractivity contribution >= 4 is 17.6 Å². The lowest BCUT2D eigenvalue weighted by Crippen LogP contribution is -2.38. The van der Waals surface area contributed by atoms with Crippen molar-refractivity contribution in [2.45, 2.75) is 6.42 Å². The van der Waals surface area contributed by atoms with Crippen molar-refractivity contribution in [1.29, 1.82) is 0 Å². The van der Waals surface area contributed by atoms with E-state index in [2.05, 4.69) is 0 Å². The van der Waals surface area contributed by atoms with Crippen LogP contribution in [0.4, 0.5) is 5.69 Å². The van der Waals surface area contributed by atoms with E-state index in [1.54, 1.807) is 0 Å². The largest absolute Gasteiger partial charge is 0.478 e. The van der Waals surface area contributed by atoms with Crippen LogP contribution >= 0.6 is 0 Å². The third-order valence-corrected chi connectivity index (χ3v) is 2.71. The molecule has 1 aliphatic rings. The van der Waals surface area contributed by atoms with Crippen LogP contribution in [-0.2, 0) is 0 Å². The Hall–Kier alpha value is -2.04. The van der Waals surface area contributed by atoms with E-state index < -0.39 is 11.9 Å². The first kappa shape index (κ1) is 10.5. The van der Waals surface area contributed by atoms with Gasteiger partial charge in [-0.2, -0.15) is 0 Å². The molecule has 0 aromatic heterocycles. The first-order valence-electron chi connectivity index (χ1n) is 5.01. The number of hydrogen-bond donors (Lipinski definition) is 2. The van der Waals surface area contributed by atoms with E-state index in [1.807, 2.05) is 4.90 Å². The molecule has 1 aliphatic heterocycles. The Morgan fingerprint density at radius 1 is 1.31 bits per heavy atom. The van der Waals surface area contributed by atoms with Crippen LogP contribution in [0.3, 0.4) is 0 Å². The molecular formula is C11H12N2O3. The minimum atomic E-state index is -1.00. The number of carbonyl (C=O) groups excluding carboxylic acids is 1. The molecule has 1 fully saturated rings. The first-order chi connectivity index (χ1) is 7.59. The van der Waals surface area contributed by atoms with Crippen molar-refractivity contribution in [2.75, 3.05) is 18.0 Å². The number of hydrogen-bond acceptors (Lipinski definition) is 3. The monoisotopic (exact) mass is 220 g/mol. The minimum absolute atomic E-state index is 0.173. The van der Waals surface area contributed by atoms with Crippen LogP contribution in [-0.4, -0.2) is 30.1 Å². The number of carboxylic acids is 1. The van der Waals surface area contributed by atoms with Gasteiger partial charge in [-0.1, -0.05) is 0 Å². The van der Waals surface area contributed by atoms with E-state index in [0.29, 0.717) is 11.3 Å². The highest BCUT2D eigenvalue weighted by Crippen LogP contribution is 2.26. The topological polar surface area (TPSA) is 83.6 Å². The van der Waals surface area contributed by atoms with E-state index in [1.165, 1.54) is 18.2 Å². The van der Waals surface area contributed by atoms with Gasteiger partial charge in [0.25, 0.3) is 5.91 Å². The van der Waals surface area contributed by atoms with E-state index in [9.17, 15) is 9.59 Å². The van der Waals surface area contributed by atoms with E-state index in [0.717, 1.165) is 19.5 Å². The lowest BCUT2D eigenvalue weighted by atomic mass is 10.0. The summed E-state index contributed by atoms with van der Waals surface area (Å²) < 4.78 is 0. The number of primary amides is 1. The molecule has 3 N–H and O–H groups in total. The Balaban J connectivity index is 2.46. The van der Waals surface area contributed by atoms with Crippen molar-refractivity contribution in [2.24, 2.45) is 5.73 Å².